The van der Waals surface area contributed by atoms with E-state index in [2.05, 4.69) is 23.8 Å². The molecule has 1 heterocycles. The highest BCUT2D eigenvalue weighted by molar-refractivity contribution is 5.68. The predicted octanol–water partition coefficient (Wildman–Crippen LogP) is 3.15. The third-order valence-electron chi connectivity index (χ3n) is 2.92. The summed E-state index contributed by atoms with van der Waals surface area (Å²) in [7, 11) is 1.63. The highest BCUT2D eigenvalue weighted by Gasteiger charge is 2.11. The largest absolute Gasteiger partial charge is 0.496 e. The van der Waals surface area contributed by atoms with Gasteiger partial charge in [0.05, 0.1) is 12.8 Å². The van der Waals surface area contributed by atoms with Crippen LogP contribution in [0.1, 0.15) is 31.2 Å². The minimum absolute atomic E-state index is 0.162. The second-order valence-corrected chi connectivity index (χ2v) is 4.49. The zero-order valence-electron chi connectivity index (χ0n) is 11.2. The van der Waals surface area contributed by atoms with Gasteiger partial charge in [-0.15, -0.1) is 0 Å². The fourth-order valence-electron chi connectivity index (χ4n) is 1.85. The Morgan fingerprint density at radius 3 is 2.68 bits per heavy atom. The number of benzene rings is 1. The molecule has 0 bridgehead atoms. The van der Waals surface area contributed by atoms with Crippen LogP contribution < -0.4 is 4.74 Å². The van der Waals surface area contributed by atoms with Crippen LogP contribution in [0.5, 0.6) is 5.75 Å². The van der Waals surface area contributed by atoms with Crippen LogP contribution in [-0.4, -0.2) is 17.1 Å². The van der Waals surface area contributed by atoms with Crippen molar-refractivity contribution in [2.45, 2.75) is 19.8 Å². The molecule has 0 radical (unpaired) electrons. The van der Waals surface area contributed by atoms with Gasteiger partial charge in [0.15, 0.2) is 0 Å². The van der Waals surface area contributed by atoms with E-state index in [1.54, 1.807) is 19.4 Å². The Balaban J connectivity index is 2.58. The van der Waals surface area contributed by atoms with Crippen LogP contribution in [0.15, 0.2) is 30.5 Å². The van der Waals surface area contributed by atoms with Gasteiger partial charge in [0.25, 0.3) is 0 Å². The normalized spacial score (nSPS) is 10.3. The Labute approximate surface area is 112 Å². The number of rotatable bonds is 3. The molecule has 1 aromatic carbocycles. The molecule has 96 valence electrons. The van der Waals surface area contributed by atoms with Gasteiger partial charge in [0.1, 0.15) is 11.8 Å². The number of hydrogen-bond donors (Lipinski definition) is 0. The molecule has 0 saturated heterocycles. The number of hydrogen-bond acceptors (Lipinski definition) is 4. The van der Waals surface area contributed by atoms with Crippen LogP contribution in [0.3, 0.4) is 0 Å². The van der Waals surface area contributed by atoms with Crippen LogP contribution in [0.25, 0.3) is 11.3 Å². The van der Waals surface area contributed by atoms with E-state index in [0.29, 0.717) is 11.6 Å². The molecular formula is C15H15N3O. The van der Waals surface area contributed by atoms with Crippen molar-refractivity contribution < 1.29 is 4.74 Å². The molecule has 0 atom stereocenters. The molecule has 0 aliphatic carbocycles. The molecule has 2 aromatic rings. The third kappa shape index (κ3) is 2.71. The lowest BCUT2D eigenvalue weighted by atomic mass is 9.99. The Morgan fingerprint density at radius 2 is 2.05 bits per heavy atom. The van der Waals surface area contributed by atoms with Gasteiger partial charge in [-0.3, -0.25) is 0 Å². The molecule has 0 saturated carbocycles. The molecule has 0 unspecified atom stereocenters. The van der Waals surface area contributed by atoms with Crippen molar-refractivity contribution in [3.63, 3.8) is 0 Å². The first-order valence-corrected chi connectivity index (χ1v) is 6.07. The monoisotopic (exact) mass is 253 g/mol. The second kappa shape index (κ2) is 5.49. The summed E-state index contributed by atoms with van der Waals surface area (Å²) >= 11 is 0. The standard InChI is InChI=1S/C15H15N3O/c1-10(2)11-4-5-14(19-3)12(8-11)13-6-7-17-15(9-16)18-13/h4-8,10H,1-3H3. The average Bonchev–Trinajstić information content (AvgIpc) is 2.46. The molecule has 0 spiro atoms. The number of methoxy groups -OCH3 is 1. The summed E-state index contributed by atoms with van der Waals surface area (Å²) in [5, 5.41) is 8.87. The van der Waals surface area contributed by atoms with Crippen molar-refractivity contribution >= 4 is 0 Å². The lowest BCUT2D eigenvalue weighted by Gasteiger charge is -2.12. The summed E-state index contributed by atoms with van der Waals surface area (Å²) in [6, 6.07) is 9.75. The molecule has 0 aliphatic rings. The quantitative estimate of drug-likeness (QED) is 0.843. The molecule has 0 amide bonds. The van der Waals surface area contributed by atoms with Gasteiger partial charge in [0.2, 0.25) is 5.82 Å². The van der Waals surface area contributed by atoms with Gasteiger partial charge in [-0.2, -0.15) is 5.26 Å². The lowest BCUT2D eigenvalue weighted by Crippen LogP contribution is -1.96. The fraction of sp³-hybridized carbons (Fsp3) is 0.267. The van der Waals surface area contributed by atoms with Crippen LogP contribution in [0.4, 0.5) is 0 Å². The highest BCUT2D eigenvalue weighted by Crippen LogP contribution is 2.31. The molecule has 1 aromatic heterocycles. The van der Waals surface area contributed by atoms with Crippen molar-refractivity contribution in [3.05, 3.63) is 41.9 Å². The smallest absolute Gasteiger partial charge is 0.232 e. The summed E-state index contributed by atoms with van der Waals surface area (Å²) in [5.41, 5.74) is 2.78. The maximum atomic E-state index is 8.87. The number of aromatic nitrogens is 2. The van der Waals surface area contributed by atoms with Gasteiger partial charge in [-0.05, 0) is 29.7 Å². The van der Waals surface area contributed by atoms with E-state index in [1.807, 2.05) is 24.3 Å². The third-order valence-corrected chi connectivity index (χ3v) is 2.92. The molecule has 2 rings (SSSR count). The van der Waals surface area contributed by atoms with Crippen LogP contribution >= 0.6 is 0 Å². The first kappa shape index (κ1) is 13.0. The Hall–Kier alpha value is -2.41. The summed E-state index contributed by atoms with van der Waals surface area (Å²) in [4.78, 5) is 8.10. The van der Waals surface area contributed by atoms with Gasteiger partial charge >= 0.3 is 0 Å². The maximum absolute atomic E-state index is 8.87. The summed E-state index contributed by atoms with van der Waals surface area (Å²) in [6.45, 7) is 4.26. The van der Waals surface area contributed by atoms with Gasteiger partial charge in [-0.1, -0.05) is 19.9 Å². The summed E-state index contributed by atoms with van der Waals surface area (Å²) in [5.74, 6) is 1.32. The van der Waals surface area contributed by atoms with Gasteiger partial charge < -0.3 is 4.74 Å². The predicted molar refractivity (Wildman–Crippen MR) is 72.8 cm³/mol. The molecule has 0 fully saturated rings. The van der Waals surface area contributed by atoms with Crippen LogP contribution in [-0.2, 0) is 0 Å². The Kier molecular flexibility index (Phi) is 3.76. The zero-order valence-corrected chi connectivity index (χ0v) is 11.2. The van der Waals surface area contributed by atoms with Crippen molar-refractivity contribution in [1.29, 1.82) is 5.26 Å². The van der Waals surface area contributed by atoms with E-state index >= 15 is 0 Å². The van der Waals surface area contributed by atoms with Crippen molar-refractivity contribution in [2.24, 2.45) is 0 Å². The SMILES string of the molecule is COc1ccc(C(C)C)cc1-c1ccnc(C#N)n1. The van der Waals surface area contributed by atoms with Crippen LogP contribution in [0.2, 0.25) is 0 Å². The molecule has 19 heavy (non-hydrogen) atoms. The Morgan fingerprint density at radius 1 is 1.26 bits per heavy atom. The minimum atomic E-state index is 0.162. The molecule has 0 aliphatic heterocycles. The fourth-order valence-corrected chi connectivity index (χ4v) is 1.85. The van der Waals surface area contributed by atoms with E-state index in [0.717, 1.165) is 11.3 Å². The molecule has 4 nitrogen and oxygen atoms in total. The minimum Gasteiger partial charge on any atom is -0.496 e. The average molecular weight is 253 g/mol. The maximum Gasteiger partial charge on any atom is 0.232 e. The Bertz CT molecular complexity index is 630. The van der Waals surface area contributed by atoms with Crippen molar-refractivity contribution in [1.82, 2.24) is 9.97 Å². The van der Waals surface area contributed by atoms with Gasteiger partial charge in [0, 0.05) is 11.8 Å². The molecule has 4 heteroatoms. The molecular weight excluding hydrogens is 238 g/mol. The first-order chi connectivity index (χ1) is 9.15. The number of nitriles is 1. The number of nitrogens with zero attached hydrogens (tertiary/aromatic N) is 3. The van der Waals surface area contributed by atoms with Crippen molar-refractivity contribution in [2.75, 3.05) is 7.11 Å². The first-order valence-electron chi connectivity index (χ1n) is 6.07. The van der Waals surface area contributed by atoms with E-state index in [-0.39, 0.29) is 5.82 Å². The summed E-state index contributed by atoms with van der Waals surface area (Å²) < 4.78 is 5.36. The van der Waals surface area contributed by atoms with Crippen molar-refractivity contribution in [3.8, 4) is 23.1 Å². The van der Waals surface area contributed by atoms with E-state index in [1.165, 1.54) is 5.56 Å². The highest BCUT2D eigenvalue weighted by atomic mass is 16.5. The zero-order chi connectivity index (χ0) is 13.8. The van der Waals surface area contributed by atoms with Gasteiger partial charge in [-0.25, -0.2) is 9.97 Å². The van der Waals surface area contributed by atoms with E-state index in [9.17, 15) is 0 Å². The molecule has 0 N–H and O–H groups in total. The van der Waals surface area contributed by atoms with Crippen LogP contribution in [0, 0.1) is 11.3 Å². The summed E-state index contributed by atoms with van der Waals surface area (Å²) in [6.07, 6.45) is 1.59. The second-order valence-electron chi connectivity index (χ2n) is 4.49. The topological polar surface area (TPSA) is 58.8 Å². The van der Waals surface area contributed by atoms with E-state index in [4.69, 9.17) is 10.00 Å². The lowest BCUT2D eigenvalue weighted by molar-refractivity contribution is 0.416. The van der Waals surface area contributed by atoms with E-state index < -0.39 is 0 Å². The number of ether oxygens (including phenoxy) is 1.